The molecule has 0 aliphatic carbocycles. The summed E-state index contributed by atoms with van der Waals surface area (Å²) in [5.41, 5.74) is 2.29. The van der Waals surface area contributed by atoms with E-state index in [-0.39, 0.29) is 12.4 Å². The van der Waals surface area contributed by atoms with Crippen LogP contribution in [0.3, 0.4) is 0 Å². The molecule has 0 aliphatic heterocycles. The van der Waals surface area contributed by atoms with Gasteiger partial charge < -0.3 is 9.84 Å². The Balaban J connectivity index is 2.30. The lowest BCUT2D eigenvalue weighted by molar-refractivity contribution is 0.282. The minimum Gasteiger partial charge on any atom is -0.493 e. The summed E-state index contributed by atoms with van der Waals surface area (Å²) in [6, 6.07) is 10.9. The second kappa shape index (κ2) is 5.95. The molecule has 3 rings (SSSR count). The van der Waals surface area contributed by atoms with E-state index >= 15 is 0 Å². The Morgan fingerprint density at radius 3 is 2.82 bits per heavy atom. The lowest BCUT2D eigenvalue weighted by atomic mass is 10.1. The smallest absolute Gasteiger partial charge is 0.209 e. The van der Waals surface area contributed by atoms with Crippen LogP contribution in [0, 0.1) is 4.91 Å². The maximum absolute atomic E-state index is 11.3. The highest BCUT2D eigenvalue weighted by Crippen LogP contribution is 2.37. The molecule has 1 aromatic carbocycles. The monoisotopic (exact) mass is 297 g/mol. The summed E-state index contributed by atoms with van der Waals surface area (Å²) < 4.78 is 7.18. The standard InChI is InChI=1S/C16H15N3O3/c1-2-22-13-8-4-3-7-12(13)14-16(18-21)19-9-5-6-11(10-20)15(19)17-14/h3-9,20H,2,10H2,1H3. The van der Waals surface area contributed by atoms with Crippen molar-refractivity contribution in [1.82, 2.24) is 9.38 Å². The first-order valence-electron chi connectivity index (χ1n) is 6.96. The number of nitrogens with zero attached hydrogens (tertiary/aromatic N) is 3. The van der Waals surface area contributed by atoms with Crippen LogP contribution in [-0.4, -0.2) is 21.1 Å². The molecule has 1 N–H and O–H groups in total. The van der Waals surface area contributed by atoms with E-state index in [1.807, 2.05) is 31.2 Å². The Labute approximate surface area is 127 Å². The van der Waals surface area contributed by atoms with Gasteiger partial charge in [0, 0.05) is 17.3 Å². The van der Waals surface area contributed by atoms with Crippen LogP contribution in [0.15, 0.2) is 47.8 Å². The number of aromatic nitrogens is 2. The fourth-order valence-electron chi connectivity index (χ4n) is 2.45. The Hall–Kier alpha value is -2.73. The number of para-hydroxylation sites is 1. The maximum Gasteiger partial charge on any atom is 0.209 e. The molecule has 0 unspecified atom stereocenters. The average Bonchev–Trinajstić information content (AvgIpc) is 2.94. The molecule has 3 aromatic rings. The molecule has 2 aromatic heterocycles. The van der Waals surface area contributed by atoms with Crippen molar-refractivity contribution in [2.75, 3.05) is 6.61 Å². The number of aliphatic hydroxyl groups is 1. The fraction of sp³-hybridized carbons (Fsp3) is 0.188. The number of fused-ring (bicyclic) bond motifs is 1. The third-order valence-corrected chi connectivity index (χ3v) is 3.40. The quantitative estimate of drug-likeness (QED) is 0.733. The molecule has 0 fully saturated rings. The van der Waals surface area contributed by atoms with Gasteiger partial charge in [0.1, 0.15) is 17.1 Å². The first-order chi connectivity index (χ1) is 10.8. The van der Waals surface area contributed by atoms with Gasteiger partial charge >= 0.3 is 0 Å². The van der Waals surface area contributed by atoms with Crippen molar-refractivity contribution in [2.45, 2.75) is 13.5 Å². The number of rotatable bonds is 5. The van der Waals surface area contributed by atoms with Crippen LogP contribution in [0.1, 0.15) is 12.5 Å². The van der Waals surface area contributed by atoms with E-state index in [0.717, 1.165) is 0 Å². The van der Waals surface area contributed by atoms with Crippen molar-refractivity contribution in [3.63, 3.8) is 0 Å². The zero-order valence-corrected chi connectivity index (χ0v) is 12.1. The zero-order chi connectivity index (χ0) is 15.5. The predicted octanol–water partition coefficient (Wildman–Crippen LogP) is 3.29. The van der Waals surface area contributed by atoms with E-state index in [2.05, 4.69) is 10.2 Å². The zero-order valence-electron chi connectivity index (χ0n) is 12.1. The van der Waals surface area contributed by atoms with Gasteiger partial charge in [-0.3, -0.25) is 4.40 Å². The summed E-state index contributed by atoms with van der Waals surface area (Å²) in [7, 11) is 0. The third-order valence-electron chi connectivity index (χ3n) is 3.40. The number of aliphatic hydroxyl groups excluding tert-OH is 1. The average molecular weight is 297 g/mol. The summed E-state index contributed by atoms with van der Waals surface area (Å²) in [6.45, 7) is 2.24. The summed E-state index contributed by atoms with van der Waals surface area (Å²) >= 11 is 0. The number of hydrogen-bond donors (Lipinski definition) is 1. The molecule has 0 amide bonds. The minimum atomic E-state index is -0.161. The highest BCUT2D eigenvalue weighted by molar-refractivity contribution is 5.79. The van der Waals surface area contributed by atoms with Gasteiger partial charge in [-0.2, -0.15) is 0 Å². The van der Waals surface area contributed by atoms with Crippen LogP contribution in [0.5, 0.6) is 5.75 Å². The Kier molecular flexibility index (Phi) is 3.84. The molecule has 22 heavy (non-hydrogen) atoms. The van der Waals surface area contributed by atoms with Crippen LogP contribution in [0.25, 0.3) is 16.9 Å². The van der Waals surface area contributed by atoms with Gasteiger partial charge in [0.2, 0.25) is 5.82 Å². The molecule has 0 aliphatic rings. The number of hydrogen-bond acceptors (Lipinski definition) is 5. The van der Waals surface area contributed by atoms with Gasteiger partial charge in [0.15, 0.2) is 0 Å². The maximum atomic E-state index is 11.3. The van der Waals surface area contributed by atoms with Crippen LogP contribution in [0.4, 0.5) is 5.82 Å². The SMILES string of the molecule is CCOc1ccccc1-c1nc2c(CO)cccn2c1N=O. The Bertz CT molecular complexity index is 827. The van der Waals surface area contributed by atoms with E-state index in [4.69, 9.17) is 4.74 Å². The van der Waals surface area contributed by atoms with E-state index in [9.17, 15) is 10.0 Å². The summed E-state index contributed by atoms with van der Waals surface area (Å²) in [5, 5.41) is 12.6. The minimum absolute atomic E-state index is 0.161. The van der Waals surface area contributed by atoms with Crippen molar-refractivity contribution in [2.24, 2.45) is 5.18 Å². The van der Waals surface area contributed by atoms with Crippen LogP contribution < -0.4 is 4.74 Å². The predicted molar refractivity (Wildman–Crippen MR) is 83.2 cm³/mol. The second-order valence-electron chi connectivity index (χ2n) is 4.69. The topological polar surface area (TPSA) is 76.2 Å². The van der Waals surface area contributed by atoms with Crippen molar-refractivity contribution < 1.29 is 9.84 Å². The van der Waals surface area contributed by atoms with Gasteiger partial charge in [0.05, 0.1) is 13.2 Å². The molecule has 0 spiro atoms. The number of nitroso groups, excluding NO2 is 1. The molecule has 0 radical (unpaired) electrons. The van der Waals surface area contributed by atoms with Crippen molar-refractivity contribution in [3.8, 4) is 17.0 Å². The largest absolute Gasteiger partial charge is 0.493 e. The van der Waals surface area contributed by atoms with E-state index in [1.54, 1.807) is 22.7 Å². The van der Waals surface area contributed by atoms with Gasteiger partial charge in [-0.1, -0.05) is 18.2 Å². The number of benzene rings is 1. The molecule has 6 nitrogen and oxygen atoms in total. The van der Waals surface area contributed by atoms with Crippen molar-refractivity contribution in [1.29, 1.82) is 0 Å². The Morgan fingerprint density at radius 2 is 2.09 bits per heavy atom. The van der Waals surface area contributed by atoms with E-state index < -0.39 is 0 Å². The number of imidazole rings is 1. The fourth-order valence-corrected chi connectivity index (χ4v) is 2.45. The molecule has 0 atom stereocenters. The van der Waals surface area contributed by atoms with Crippen molar-refractivity contribution in [3.05, 3.63) is 53.1 Å². The normalized spacial score (nSPS) is 10.8. The molecule has 0 saturated carbocycles. The van der Waals surface area contributed by atoms with Gasteiger partial charge in [0.25, 0.3) is 0 Å². The summed E-state index contributed by atoms with van der Waals surface area (Å²) in [6.07, 6.45) is 1.70. The molecule has 0 saturated heterocycles. The third kappa shape index (κ3) is 2.23. The first-order valence-corrected chi connectivity index (χ1v) is 6.96. The first kappa shape index (κ1) is 14.2. The van der Waals surface area contributed by atoms with Crippen LogP contribution in [-0.2, 0) is 6.61 Å². The van der Waals surface area contributed by atoms with Gasteiger partial charge in [-0.15, -0.1) is 4.91 Å². The van der Waals surface area contributed by atoms with Crippen LogP contribution >= 0.6 is 0 Å². The highest BCUT2D eigenvalue weighted by atomic mass is 16.5. The molecular formula is C16H15N3O3. The second-order valence-corrected chi connectivity index (χ2v) is 4.69. The summed E-state index contributed by atoms with van der Waals surface area (Å²) in [5.74, 6) is 0.835. The molecule has 112 valence electrons. The van der Waals surface area contributed by atoms with Crippen LogP contribution in [0.2, 0.25) is 0 Å². The number of pyridine rings is 1. The van der Waals surface area contributed by atoms with E-state index in [1.165, 1.54) is 0 Å². The molecule has 6 heteroatoms. The molecule has 0 bridgehead atoms. The lowest BCUT2D eigenvalue weighted by Crippen LogP contribution is -1.94. The van der Waals surface area contributed by atoms with Gasteiger partial charge in [-0.05, 0) is 30.3 Å². The van der Waals surface area contributed by atoms with Crippen molar-refractivity contribution >= 4 is 11.5 Å². The highest BCUT2D eigenvalue weighted by Gasteiger charge is 2.19. The van der Waals surface area contributed by atoms with E-state index in [0.29, 0.717) is 34.8 Å². The van der Waals surface area contributed by atoms with Gasteiger partial charge in [-0.25, -0.2) is 4.98 Å². The molecule has 2 heterocycles. The lowest BCUT2D eigenvalue weighted by Gasteiger charge is -2.07. The number of ether oxygens (including phenoxy) is 1. The Morgan fingerprint density at radius 1 is 1.27 bits per heavy atom. The molecular weight excluding hydrogens is 282 g/mol. The summed E-state index contributed by atoms with van der Waals surface area (Å²) in [4.78, 5) is 15.8.